The maximum absolute atomic E-state index is 2.40. The SMILES string of the molecule is CC1(C)c2cc3ccccc3cc2-c2cc3ccccc3c3cccc1c23. The van der Waals surface area contributed by atoms with Gasteiger partial charge in [-0.2, -0.15) is 0 Å². The first-order valence-electron chi connectivity index (χ1n) is 9.63. The van der Waals surface area contributed by atoms with E-state index in [1.807, 2.05) is 0 Å². The van der Waals surface area contributed by atoms with Gasteiger partial charge in [-0.05, 0) is 72.8 Å². The summed E-state index contributed by atoms with van der Waals surface area (Å²) in [5.41, 5.74) is 5.60. The topological polar surface area (TPSA) is 0 Å². The average molecular weight is 344 g/mol. The fourth-order valence-corrected chi connectivity index (χ4v) is 5.02. The largest absolute Gasteiger partial charge is 0.0616 e. The molecular formula is C27H20. The lowest BCUT2D eigenvalue weighted by Gasteiger charge is -2.35. The Kier molecular flexibility index (Phi) is 2.77. The number of hydrogen-bond acceptors (Lipinski definition) is 0. The van der Waals surface area contributed by atoms with Crippen molar-refractivity contribution in [2.45, 2.75) is 19.3 Å². The zero-order valence-corrected chi connectivity index (χ0v) is 15.6. The molecule has 0 radical (unpaired) electrons. The molecule has 0 heterocycles. The van der Waals surface area contributed by atoms with Gasteiger partial charge in [0.25, 0.3) is 0 Å². The van der Waals surface area contributed by atoms with E-state index in [9.17, 15) is 0 Å². The zero-order valence-electron chi connectivity index (χ0n) is 15.6. The van der Waals surface area contributed by atoms with Crippen molar-refractivity contribution in [1.29, 1.82) is 0 Å². The minimum Gasteiger partial charge on any atom is -0.0616 e. The van der Waals surface area contributed by atoms with E-state index in [4.69, 9.17) is 0 Å². The van der Waals surface area contributed by atoms with Crippen molar-refractivity contribution in [2.24, 2.45) is 0 Å². The van der Waals surface area contributed by atoms with Crippen molar-refractivity contribution in [3.05, 3.63) is 96.1 Å². The summed E-state index contributed by atoms with van der Waals surface area (Å²) in [6, 6.07) is 31.5. The molecular weight excluding hydrogens is 324 g/mol. The molecule has 0 bridgehead atoms. The molecule has 0 saturated carbocycles. The summed E-state index contributed by atoms with van der Waals surface area (Å²) in [6.45, 7) is 4.74. The molecule has 0 fully saturated rings. The Bertz CT molecular complexity index is 1390. The second kappa shape index (κ2) is 4.98. The standard InChI is InChI=1S/C27H20/c1-27(2)24-13-7-12-21-20-11-6-5-10-19(20)15-23(26(21)24)22-14-17-8-3-4-9-18(17)16-25(22)27/h3-16H,1-2H3. The molecule has 5 aromatic rings. The Labute approximate surface area is 159 Å². The van der Waals surface area contributed by atoms with E-state index in [0.717, 1.165) is 0 Å². The van der Waals surface area contributed by atoms with Crippen molar-refractivity contribution >= 4 is 32.3 Å². The number of fused-ring (bicyclic) bond motifs is 5. The first-order valence-corrected chi connectivity index (χ1v) is 9.63. The molecule has 128 valence electrons. The molecule has 0 unspecified atom stereocenters. The Morgan fingerprint density at radius 1 is 0.519 bits per heavy atom. The molecule has 0 saturated heterocycles. The van der Waals surface area contributed by atoms with Crippen LogP contribution in [0, 0.1) is 0 Å². The van der Waals surface area contributed by atoms with Crippen LogP contribution in [-0.2, 0) is 5.41 Å². The van der Waals surface area contributed by atoms with Gasteiger partial charge in [-0.25, -0.2) is 0 Å². The van der Waals surface area contributed by atoms with Gasteiger partial charge < -0.3 is 0 Å². The van der Waals surface area contributed by atoms with Crippen LogP contribution in [0.3, 0.4) is 0 Å². The molecule has 1 aliphatic rings. The number of rotatable bonds is 0. The molecule has 0 aromatic heterocycles. The van der Waals surface area contributed by atoms with Crippen LogP contribution >= 0.6 is 0 Å². The lowest BCUT2D eigenvalue weighted by molar-refractivity contribution is 0.646. The molecule has 0 nitrogen and oxygen atoms in total. The van der Waals surface area contributed by atoms with E-state index in [1.165, 1.54) is 54.6 Å². The second-order valence-electron chi connectivity index (χ2n) is 8.24. The first kappa shape index (κ1) is 15.0. The van der Waals surface area contributed by atoms with Gasteiger partial charge in [0.05, 0.1) is 0 Å². The molecule has 0 atom stereocenters. The Balaban J connectivity index is 1.89. The van der Waals surface area contributed by atoms with Crippen LogP contribution in [0.4, 0.5) is 0 Å². The Hall–Kier alpha value is -3.12. The van der Waals surface area contributed by atoms with Crippen LogP contribution in [-0.4, -0.2) is 0 Å². The van der Waals surface area contributed by atoms with Crippen molar-refractivity contribution in [1.82, 2.24) is 0 Å². The summed E-state index contributed by atoms with van der Waals surface area (Å²) < 4.78 is 0. The molecule has 5 aromatic carbocycles. The Morgan fingerprint density at radius 2 is 1.15 bits per heavy atom. The fourth-order valence-electron chi connectivity index (χ4n) is 5.02. The third-order valence-corrected chi connectivity index (χ3v) is 6.41. The Morgan fingerprint density at radius 3 is 1.96 bits per heavy atom. The van der Waals surface area contributed by atoms with E-state index in [0.29, 0.717) is 0 Å². The van der Waals surface area contributed by atoms with Crippen molar-refractivity contribution in [2.75, 3.05) is 0 Å². The highest BCUT2D eigenvalue weighted by Gasteiger charge is 2.33. The molecule has 0 aliphatic heterocycles. The van der Waals surface area contributed by atoms with Crippen molar-refractivity contribution < 1.29 is 0 Å². The van der Waals surface area contributed by atoms with Crippen LogP contribution in [0.2, 0.25) is 0 Å². The van der Waals surface area contributed by atoms with Gasteiger partial charge in [0.15, 0.2) is 0 Å². The highest BCUT2D eigenvalue weighted by Crippen LogP contribution is 2.50. The summed E-state index contributed by atoms with van der Waals surface area (Å²) in [5.74, 6) is 0. The van der Waals surface area contributed by atoms with E-state index in [2.05, 4.69) is 98.8 Å². The van der Waals surface area contributed by atoms with Crippen molar-refractivity contribution in [3.8, 4) is 11.1 Å². The quantitative estimate of drug-likeness (QED) is 0.256. The lowest BCUT2D eigenvalue weighted by atomic mass is 9.67. The normalized spacial score (nSPS) is 14.6. The third-order valence-electron chi connectivity index (χ3n) is 6.41. The highest BCUT2D eigenvalue weighted by atomic mass is 14.4. The van der Waals surface area contributed by atoms with Crippen LogP contribution in [0.25, 0.3) is 43.4 Å². The molecule has 6 rings (SSSR count). The smallest absolute Gasteiger partial charge is 0.0159 e. The summed E-state index contributed by atoms with van der Waals surface area (Å²) in [5, 5.41) is 8.08. The predicted octanol–water partition coefficient (Wildman–Crippen LogP) is 7.45. The van der Waals surface area contributed by atoms with Crippen LogP contribution in [0.1, 0.15) is 25.0 Å². The van der Waals surface area contributed by atoms with E-state index < -0.39 is 0 Å². The minimum atomic E-state index is -0.0195. The van der Waals surface area contributed by atoms with Crippen LogP contribution < -0.4 is 0 Å². The van der Waals surface area contributed by atoms with Crippen molar-refractivity contribution in [3.63, 3.8) is 0 Å². The van der Waals surface area contributed by atoms with Gasteiger partial charge in [-0.15, -0.1) is 0 Å². The maximum Gasteiger partial charge on any atom is 0.0159 e. The maximum atomic E-state index is 2.40. The van der Waals surface area contributed by atoms with Gasteiger partial charge in [0.2, 0.25) is 0 Å². The summed E-state index contributed by atoms with van der Waals surface area (Å²) >= 11 is 0. The predicted molar refractivity (Wildman–Crippen MR) is 117 cm³/mol. The summed E-state index contributed by atoms with van der Waals surface area (Å²) in [7, 11) is 0. The molecule has 0 amide bonds. The molecule has 0 heteroatoms. The van der Waals surface area contributed by atoms with E-state index in [-0.39, 0.29) is 5.41 Å². The monoisotopic (exact) mass is 344 g/mol. The van der Waals surface area contributed by atoms with E-state index >= 15 is 0 Å². The molecule has 27 heavy (non-hydrogen) atoms. The third kappa shape index (κ3) is 1.88. The summed E-state index contributed by atoms with van der Waals surface area (Å²) in [6.07, 6.45) is 0. The van der Waals surface area contributed by atoms with Crippen LogP contribution in [0.15, 0.2) is 84.9 Å². The van der Waals surface area contributed by atoms with Gasteiger partial charge in [-0.1, -0.05) is 80.6 Å². The minimum absolute atomic E-state index is 0.0195. The van der Waals surface area contributed by atoms with Gasteiger partial charge >= 0.3 is 0 Å². The average Bonchev–Trinajstić information content (AvgIpc) is 2.71. The second-order valence-corrected chi connectivity index (χ2v) is 8.24. The van der Waals surface area contributed by atoms with E-state index in [1.54, 1.807) is 0 Å². The lowest BCUT2D eigenvalue weighted by Crippen LogP contribution is -2.23. The zero-order chi connectivity index (χ0) is 18.2. The van der Waals surface area contributed by atoms with Crippen LogP contribution in [0.5, 0.6) is 0 Å². The summed E-state index contributed by atoms with van der Waals surface area (Å²) in [4.78, 5) is 0. The first-order chi connectivity index (χ1) is 13.1. The highest BCUT2D eigenvalue weighted by molar-refractivity contribution is 6.17. The van der Waals surface area contributed by atoms with Gasteiger partial charge in [-0.3, -0.25) is 0 Å². The number of hydrogen-bond donors (Lipinski definition) is 0. The molecule has 0 spiro atoms. The number of benzene rings is 5. The fraction of sp³-hybridized carbons (Fsp3) is 0.111. The van der Waals surface area contributed by atoms with Gasteiger partial charge in [0, 0.05) is 5.41 Å². The molecule has 0 N–H and O–H groups in total. The van der Waals surface area contributed by atoms with Gasteiger partial charge in [0.1, 0.15) is 0 Å². The molecule has 1 aliphatic carbocycles.